The van der Waals surface area contributed by atoms with E-state index in [2.05, 4.69) is 33.3 Å². The number of esters is 2. The Bertz CT molecular complexity index is 4330. The number of Topliss-reactive ketones (excluding diaryl/α,β-unsaturated/α-hetero) is 2. The zero-order chi connectivity index (χ0) is 83.0. The third-order valence-corrected chi connectivity index (χ3v) is 28.6. The number of nitrogens with zero attached hydrogens (tertiary/aromatic N) is 4. The van der Waals surface area contributed by atoms with Crippen molar-refractivity contribution < 1.29 is 93.1 Å². The summed E-state index contributed by atoms with van der Waals surface area (Å²) in [5.41, 5.74) is -4.08. The van der Waals surface area contributed by atoms with Gasteiger partial charge in [0, 0.05) is 48.6 Å². The molecule has 2 aromatic heterocycles. The minimum absolute atomic E-state index is 0.0236. The molecule has 28 heteroatoms. The van der Waals surface area contributed by atoms with Gasteiger partial charge >= 0.3 is 11.9 Å². The zero-order valence-electron chi connectivity index (χ0n) is 69.2. The summed E-state index contributed by atoms with van der Waals surface area (Å²) in [6, 6.07) is 12.5. The number of carbonyl (C=O) groups excluding carboxylic acids is 8. The third kappa shape index (κ3) is 20.0. The SMILES string of the molecule is CCOc1cc2cc(OC)ccc2c(O[C@@H]2C[C@H]3C(=O)C[C@]4(C(=O)NS(=O)(=O)C5(C)CC5)C[C@H]4/C=C\CC[C@@H](C)C[C@@H](C)[C@H](CC(=O)OC(C)(C)C)C(=O)N3C2)n1.CCOc1cc2cc(OC)ccc2c(O[C@@H]2C[C@H]3C(=O)C[C@]4(C(=O)NS(=O)(=O)C5(C)CC5)C[C@H]4/C=C\CC[C@H](C)C[C@@H](C)[C@H](CC(=O)OC(C)(C)C)C(=O)N3C2)n1. The number of fused-ring (bicyclic) bond motifs is 6. The molecule has 2 N–H and O–H groups in total. The van der Waals surface area contributed by atoms with Gasteiger partial charge in [0.25, 0.3) is 0 Å². The molecule has 6 fully saturated rings. The van der Waals surface area contributed by atoms with Gasteiger partial charge in [-0.25, -0.2) is 16.8 Å². The lowest BCUT2D eigenvalue weighted by Gasteiger charge is -2.32. The number of aromatic nitrogens is 2. The molecule has 4 aliphatic heterocycles. The normalized spacial score (nSPS) is 29.6. The molecular formula is C86H118N6O20S2. The Morgan fingerprint density at radius 1 is 0.544 bits per heavy atom. The lowest BCUT2D eigenvalue weighted by atomic mass is 9.82. The van der Waals surface area contributed by atoms with Gasteiger partial charge in [-0.1, -0.05) is 52.0 Å². The molecule has 0 unspecified atom stereocenters. The highest BCUT2D eigenvalue weighted by atomic mass is 32.2. The molecule has 8 aliphatic rings. The van der Waals surface area contributed by atoms with E-state index in [0.717, 1.165) is 23.6 Å². The molecule has 114 heavy (non-hydrogen) atoms. The van der Waals surface area contributed by atoms with Gasteiger partial charge in [0.1, 0.15) is 34.9 Å². The summed E-state index contributed by atoms with van der Waals surface area (Å²) in [5.74, 6) is -3.69. The molecular weight excluding hydrogens is 1500 g/mol. The van der Waals surface area contributed by atoms with E-state index >= 15 is 0 Å². The van der Waals surface area contributed by atoms with Crippen LogP contribution in [0.3, 0.4) is 0 Å². The lowest BCUT2D eigenvalue weighted by Crippen LogP contribution is -2.48. The van der Waals surface area contributed by atoms with Crippen LogP contribution in [0.25, 0.3) is 21.5 Å². The predicted molar refractivity (Wildman–Crippen MR) is 428 cm³/mol. The Balaban J connectivity index is 0.000000225. The zero-order valence-corrected chi connectivity index (χ0v) is 70.8. The molecule has 4 saturated carbocycles. The molecule has 2 aromatic carbocycles. The maximum absolute atomic E-state index is 14.9. The van der Waals surface area contributed by atoms with Crippen LogP contribution in [-0.4, -0.2) is 169 Å². The fraction of sp³-hybridized carbons (Fsp3) is 0.651. The Labute approximate surface area is 671 Å². The number of rotatable bonds is 20. The first-order valence-corrected chi connectivity index (χ1v) is 43.7. The van der Waals surface area contributed by atoms with Gasteiger partial charge in [-0.2, -0.15) is 9.97 Å². The number of methoxy groups -OCH3 is 2. The Morgan fingerprint density at radius 2 is 0.912 bits per heavy atom. The number of benzene rings is 2. The second kappa shape index (κ2) is 34.0. The number of allylic oxidation sites excluding steroid dienone is 4. The van der Waals surface area contributed by atoms with Crippen LogP contribution in [0.2, 0.25) is 0 Å². The van der Waals surface area contributed by atoms with Gasteiger partial charge in [0.2, 0.25) is 67.2 Å². The van der Waals surface area contributed by atoms with Crippen molar-refractivity contribution in [2.45, 2.75) is 257 Å². The molecule has 4 amide bonds. The monoisotopic (exact) mass is 1620 g/mol. The minimum Gasteiger partial charge on any atom is -0.497 e. The highest BCUT2D eigenvalue weighted by Gasteiger charge is 2.65. The number of pyridine rings is 2. The summed E-state index contributed by atoms with van der Waals surface area (Å²) in [4.78, 5) is 127. The summed E-state index contributed by atoms with van der Waals surface area (Å²) in [7, 11) is -4.77. The summed E-state index contributed by atoms with van der Waals surface area (Å²) in [5, 5.41) is 2.89. The summed E-state index contributed by atoms with van der Waals surface area (Å²) < 4.78 is 103. The third-order valence-electron chi connectivity index (χ3n) is 24.3. The summed E-state index contributed by atoms with van der Waals surface area (Å²) in [6.07, 6.45) is 12.7. The second-order valence-corrected chi connectivity index (χ2v) is 40.4. The second-order valence-electron chi connectivity index (χ2n) is 36.0. The molecule has 624 valence electrons. The first kappa shape index (κ1) is 86.5. The van der Waals surface area contributed by atoms with Crippen molar-refractivity contribution >= 4 is 88.7 Å². The number of hydrogen-bond donors (Lipinski definition) is 2. The smallest absolute Gasteiger partial charge is 0.307 e. The van der Waals surface area contributed by atoms with Crippen LogP contribution < -0.4 is 37.9 Å². The first-order valence-electron chi connectivity index (χ1n) is 40.7. The highest BCUT2D eigenvalue weighted by molar-refractivity contribution is 7.92. The van der Waals surface area contributed by atoms with Crippen molar-refractivity contribution in [1.82, 2.24) is 29.2 Å². The molecule has 12 rings (SSSR count). The topological polar surface area (TPSA) is 335 Å². The number of nitrogens with one attached hydrogen (secondary N) is 2. The van der Waals surface area contributed by atoms with Crippen molar-refractivity contribution in [2.24, 2.45) is 58.2 Å². The maximum atomic E-state index is 14.9. The highest BCUT2D eigenvalue weighted by Crippen LogP contribution is 2.59. The summed E-state index contributed by atoms with van der Waals surface area (Å²) >= 11 is 0. The number of sulfonamides is 2. The fourth-order valence-corrected chi connectivity index (χ4v) is 19.5. The molecule has 26 nitrogen and oxygen atoms in total. The molecule has 0 radical (unpaired) electrons. The lowest BCUT2D eigenvalue weighted by molar-refractivity contribution is -0.160. The van der Waals surface area contributed by atoms with E-state index in [1.54, 1.807) is 93.9 Å². The van der Waals surface area contributed by atoms with Gasteiger partial charge in [-0.3, -0.25) is 47.8 Å². The molecule has 14 atom stereocenters. The number of carbonyl (C=O) groups is 8. The molecule has 0 bridgehead atoms. The van der Waals surface area contributed by atoms with E-state index in [4.69, 9.17) is 37.9 Å². The number of ketones is 2. The average Bonchev–Trinajstić information content (AvgIpc) is 1.57. The van der Waals surface area contributed by atoms with Crippen LogP contribution in [0.5, 0.6) is 35.0 Å². The molecule has 2 saturated heterocycles. The van der Waals surface area contributed by atoms with Crippen LogP contribution in [0.4, 0.5) is 0 Å². The van der Waals surface area contributed by atoms with E-state index < -0.39 is 111 Å². The van der Waals surface area contributed by atoms with E-state index in [0.29, 0.717) is 111 Å². The average molecular weight is 1620 g/mol. The van der Waals surface area contributed by atoms with Gasteiger partial charge in [0.15, 0.2) is 11.6 Å². The standard InChI is InChI=1S/2C43H59N3O10S/c2*1-9-54-36-20-28-19-30(53-8)14-15-32(28)38(44-36)55-31-21-34-35(47)24-43(40(50)45-57(51,52)42(7)16-17-42)23-29(43)13-11-10-12-26(2)18-27(3)33(39(49)46(34)25-31)22-37(48)56-41(4,5)6/h2*11,13-15,19-20,26-27,29,31,33-34H,9-10,12,16-18,21-25H2,1-8H3,(H,45,50)/b2*13-11-/t26-,27+,29+,31+,33-,34-,43+;26-,27-,29-,31-,33+,34+,43-/m01/s1. The molecule has 4 aromatic rings. The van der Waals surface area contributed by atoms with Crippen molar-refractivity contribution in [1.29, 1.82) is 0 Å². The van der Waals surface area contributed by atoms with Gasteiger partial charge in [-0.15, -0.1) is 0 Å². The quantitative estimate of drug-likeness (QED) is 0.0613. The predicted octanol–water partition coefficient (Wildman–Crippen LogP) is 12.6. The maximum Gasteiger partial charge on any atom is 0.307 e. The first-order chi connectivity index (χ1) is 53.5. The van der Waals surface area contributed by atoms with Crippen LogP contribution in [0.15, 0.2) is 72.8 Å². The van der Waals surface area contributed by atoms with Crippen molar-refractivity contribution in [3.63, 3.8) is 0 Å². The number of hydrogen-bond acceptors (Lipinski definition) is 22. The number of amides is 4. The van der Waals surface area contributed by atoms with Crippen LogP contribution >= 0.6 is 0 Å². The molecule has 0 spiro atoms. The van der Waals surface area contributed by atoms with Gasteiger partial charge in [-0.05, 0) is 229 Å². The van der Waals surface area contributed by atoms with E-state index in [1.165, 1.54) is 9.80 Å². The van der Waals surface area contributed by atoms with Crippen LogP contribution in [0, 0.1) is 58.2 Å². The largest absolute Gasteiger partial charge is 0.497 e. The Hall–Kier alpha value is -8.40. The minimum atomic E-state index is -3.96. The Morgan fingerprint density at radius 3 is 1.25 bits per heavy atom. The summed E-state index contributed by atoms with van der Waals surface area (Å²) in [6.45, 7) is 26.6. The van der Waals surface area contributed by atoms with Crippen LogP contribution in [-0.2, 0) is 67.9 Å². The van der Waals surface area contributed by atoms with Crippen LogP contribution in [0.1, 0.15) is 213 Å². The Kier molecular flexibility index (Phi) is 25.8. The van der Waals surface area contributed by atoms with E-state index in [9.17, 15) is 55.2 Å². The van der Waals surface area contributed by atoms with Crippen molar-refractivity contribution in [2.75, 3.05) is 40.5 Å². The van der Waals surface area contributed by atoms with E-state index in [-0.39, 0.29) is 122 Å². The van der Waals surface area contributed by atoms with Gasteiger partial charge in [0.05, 0.1) is 97.6 Å². The molecule has 6 heterocycles. The fourth-order valence-electron chi connectivity index (χ4n) is 16.9. The van der Waals surface area contributed by atoms with Crippen molar-refractivity contribution in [3.05, 3.63) is 72.8 Å². The molecule has 4 aliphatic carbocycles. The number of ether oxygens (including phenoxy) is 8. The van der Waals surface area contributed by atoms with E-state index in [1.807, 2.05) is 76.3 Å². The van der Waals surface area contributed by atoms with Gasteiger partial charge < -0.3 is 47.7 Å². The van der Waals surface area contributed by atoms with Crippen molar-refractivity contribution in [3.8, 4) is 35.0 Å².